The molecule has 0 aromatic heterocycles. The number of carbonyl (C=O) groups is 1. The van der Waals surface area contributed by atoms with Crippen LogP contribution in [0.1, 0.15) is 10.4 Å². The summed E-state index contributed by atoms with van der Waals surface area (Å²) in [5.41, 5.74) is 2.68. The number of halogens is 1. The van der Waals surface area contributed by atoms with Crippen LogP contribution >= 0.6 is 11.6 Å². The second-order valence-corrected chi connectivity index (χ2v) is 3.18. The third kappa shape index (κ3) is 1.56. The van der Waals surface area contributed by atoms with Crippen LogP contribution in [0.5, 0.6) is 0 Å². The lowest BCUT2D eigenvalue weighted by Gasteiger charge is -1.90. The molecule has 64 valence electrons. The topological polar surface area (TPSA) is 17.1 Å². The molecule has 2 rings (SSSR count). The highest BCUT2D eigenvalue weighted by Gasteiger charge is 2.04. The van der Waals surface area contributed by atoms with E-state index in [1.807, 2.05) is 30.3 Å². The van der Waals surface area contributed by atoms with E-state index in [0.29, 0.717) is 5.56 Å². The smallest absolute Gasteiger partial charge is 0.252 e. The number of carbonyl (C=O) groups excluding carboxylic acids is 1. The largest absolute Gasteiger partial charge is 0.276 e. The van der Waals surface area contributed by atoms with Crippen LogP contribution in [-0.2, 0) is 0 Å². The highest BCUT2D eigenvalue weighted by molar-refractivity contribution is 6.67. The Hall–Kier alpha value is -1.34. The Morgan fingerprint density at radius 2 is 1.62 bits per heavy atom. The van der Waals surface area contributed by atoms with Gasteiger partial charge in [0.25, 0.3) is 5.24 Å². The van der Waals surface area contributed by atoms with E-state index in [1.165, 1.54) is 0 Å². The van der Waals surface area contributed by atoms with Crippen LogP contribution in [0.3, 0.4) is 0 Å². The van der Waals surface area contributed by atoms with E-state index in [9.17, 15) is 4.79 Å². The van der Waals surface area contributed by atoms with Gasteiger partial charge in [0, 0.05) is 5.56 Å². The summed E-state index contributed by atoms with van der Waals surface area (Å²) < 4.78 is 0. The lowest BCUT2D eigenvalue weighted by atomic mass is 10.2. The van der Waals surface area contributed by atoms with Crippen LogP contribution in [0.15, 0.2) is 42.5 Å². The Morgan fingerprint density at radius 3 is 2.31 bits per heavy atom. The molecule has 0 fully saturated rings. The van der Waals surface area contributed by atoms with Gasteiger partial charge in [0.2, 0.25) is 0 Å². The molecule has 0 N–H and O–H groups in total. The molecule has 0 bridgehead atoms. The molecule has 0 saturated heterocycles. The summed E-state index contributed by atoms with van der Waals surface area (Å²) in [6.07, 6.45) is 0. The van der Waals surface area contributed by atoms with Crippen LogP contribution in [0.4, 0.5) is 0 Å². The van der Waals surface area contributed by atoms with Crippen LogP contribution in [0.2, 0.25) is 0 Å². The van der Waals surface area contributed by atoms with Gasteiger partial charge < -0.3 is 0 Å². The minimum absolute atomic E-state index is 0.418. The van der Waals surface area contributed by atoms with Crippen molar-refractivity contribution >= 4 is 16.8 Å². The molecule has 2 aliphatic carbocycles. The Labute approximate surface area is 81.3 Å². The molecule has 2 aliphatic rings. The van der Waals surface area contributed by atoms with Gasteiger partial charge in [-0.1, -0.05) is 36.4 Å². The highest BCUT2D eigenvalue weighted by Crippen LogP contribution is 2.22. The van der Waals surface area contributed by atoms with Gasteiger partial charge in [-0.15, -0.1) is 0 Å². The van der Waals surface area contributed by atoms with Crippen molar-refractivity contribution < 1.29 is 4.79 Å². The first kappa shape index (κ1) is 8.27. The molecule has 0 aromatic rings. The van der Waals surface area contributed by atoms with Gasteiger partial charge in [0.1, 0.15) is 0 Å². The Kier molecular flexibility index (Phi) is 2.03. The second kappa shape index (κ2) is 3.19. The van der Waals surface area contributed by atoms with Crippen molar-refractivity contribution in [2.24, 2.45) is 0 Å². The Bertz CT molecular complexity index is 422. The number of fused-ring (bicyclic) bond motifs is 1. The molecule has 0 aromatic carbocycles. The first-order chi connectivity index (χ1) is 6.27. The van der Waals surface area contributed by atoms with Crippen molar-refractivity contribution in [3.8, 4) is 11.1 Å². The summed E-state index contributed by atoms with van der Waals surface area (Å²) in [4.78, 5) is 10.9. The van der Waals surface area contributed by atoms with E-state index in [0.717, 1.165) is 11.1 Å². The monoisotopic (exact) mass is 190 g/mol. The molecule has 13 heavy (non-hydrogen) atoms. The molecule has 0 radical (unpaired) electrons. The molecule has 0 aliphatic heterocycles. The first-order valence-corrected chi connectivity index (χ1v) is 4.34. The molecule has 0 saturated carbocycles. The van der Waals surface area contributed by atoms with Gasteiger partial charge in [-0.3, -0.25) is 4.79 Å². The summed E-state index contributed by atoms with van der Waals surface area (Å²) in [6.45, 7) is 0. The lowest BCUT2D eigenvalue weighted by Crippen LogP contribution is -1.83. The average Bonchev–Trinajstić information content (AvgIpc) is 2.42. The zero-order chi connectivity index (χ0) is 9.26. The summed E-state index contributed by atoms with van der Waals surface area (Å²) in [6, 6.07) is 13.2. The summed E-state index contributed by atoms with van der Waals surface area (Å²) >= 11 is 5.39. The Morgan fingerprint density at radius 1 is 1.00 bits per heavy atom. The van der Waals surface area contributed by atoms with E-state index in [4.69, 9.17) is 11.6 Å². The third-order valence-electron chi connectivity index (χ3n) is 1.97. The minimum atomic E-state index is -0.418. The van der Waals surface area contributed by atoms with Crippen LogP contribution in [0, 0.1) is 0 Å². The van der Waals surface area contributed by atoms with Gasteiger partial charge in [-0.2, -0.15) is 0 Å². The lowest BCUT2D eigenvalue weighted by molar-refractivity contribution is 0.108. The zero-order valence-electron chi connectivity index (χ0n) is 6.83. The van der Waals surface area contributed by atoms with Crippen molar-refractivity contribution in [1.82, 2.24) is 0 Å². The summed E-state index contributed by atoms with van der Waals surface area (Å²) in [5, 5.41) is -0.418. The molecule has 0 atom stereocenters. The predicted molar refractivity (Wildman–Crippen MR) is 53.2 cm³/mol. The third-order valence-corrected chi connectivity index (χ3v) is 2.19. The Balaban J connectivity index is 2.64. The van der Waals surface area contributed by atoms with Crippen LogP contribution in [-0.4, -0.2) is 5.24 Å². The fourth-order valence-electron chi connectivity index (χ4n) is 1.32. The molecule has 0 amide bonds. The highest BCUT2D eigenvalue weighted by atomic mass is 35.5. The molecule has 1 nitrogen and oxygen atoms in total. The van der Waals surface area contributed by atoms with Crippen LogP contribution in [0.25, 0.3) is 11.1 Å². The second-order valence-electron chi connectivity index (χ2n) is 2.84. The maximum atomic E-state index is 10.9. The van der Waals surface area contributed by atoms with E-state index >= 15 is 0 Å². The molecular formula is C11H7ClO. The van der Waals surface area contributed by atoms with Gasteiger partial charge >= 0.3 is 0 Å². The van der Waals surface area contributed by atoms with Crippen molar-refractivity contribution in [2.45, 2.75) is 0 Å². The molecule has 2 heteroatoms. The van der Waals surface area contributed by atoms with E-state index in [1.54, 1.807) is 12.1 Å². The van der Waals surface area contributed by atoms with Crippen molar-refractivity contribution in [2.75, 3.05) is 0 Å². The normalized spacial score (nSPS) is 10.2. The van der Waals surface area contributed by atoms with Gasteiger partial charge in [0.15, 0.2) is 0 Å². The number of hydrogen-bond donors (Lipinski definition) is 0. The SMILES string of the molecule is O=C(Cl)c1cccc2cccc-2c1. The van der Waals surface area contributed by atoms with Crippen LogP contribution < -0.4 is 0 Å². The maximum absolute atomic E-state index is 10.9. The summed E-state index contributed by atoms with van der Waals surface area (Å²) in [5.74, 6) is 0. The predicted octanol–water partition coefficient (Wildman–Crippen LogP) is 3.17. The maximum Gasteiger partial charge on any atom is 0.252 e. The minimum Gasteiger partial charge on any atom is -0.276 e. The van der Waals surface area contributed by atoms with Gasteiger partial charge in [-0.25, -0.2) is 0 Å². The fourth-order valence-corrected chi connectivity index (χ4v) is 1.44. The first-order valence-electron chi connectivity index (χ1n) is 3.96. The number of hydrogen-bond acceptors (Lipinski definition) is 1. The average molecular weight is 191 g/mol. The number of rotatable bonds is 1. The van der Waals surface area contributed by atoms with Crippen molar-refractivity contribution in [1.29, 1.82) is 0 Å². The van der Waals surface area contributed by atoms with E-state index < -0.39 is 5.24 Å². The zero-order valence-corrected chi connectivity index (χ0v) is 7.58. The summed E-state index contributed by atoms with van der Waals surface area (Å²) in [7, 11) is 0. The standard InChI is InChI=1S/C11H7ClO/c12-11(13)10-6-2-4-8-3-1-5-9(8)7-10/h1-7H. The molecular weight excluding hydrogens is 184 g/mol. The van der Waals surface area contributed by atoms with Gasteiger partial charge in [0.05, 0.1) is 0 Å². The molecule has 0 unspecified atom stereocenters. The fraction of sp³-hybridized carbons (Fsp3) is 0. The molecule has 0 heterocycles. The van der Waals surface area contributed by atoms with Crippen molar-refractivity contribution in [3.63, 3.8) is 0 Å². The van der Waals surface area contributed by atoms with E-state index in [2.05, 4.69) is 0 Å². The quantitative estimate of drug-likeness (QED) is 0.632. The van der Waals surface area contributed by atoms with E-state index in [-0.39, 0.29) is 0 Å². The molecule has 0 spiro atoms. The van der Waals surface area contributed by atoms with Crippen molar-refractivity contribution in [3.05, 3.63) is 48.0 Å². The van der Waals surface area contributed by atoms with Gasteiger partial charge in [-0.05, 0) is 28.8 Å².